The molecule has 6 nitrogen and oxygen atoms in total. The fraction of sp³-hybridized carbons (Fsp3) is 0.316. The third-order valence-corrected chi connectivity index (χ3v) is 7.09. The number of carbonyl (C=O) groups is 1. The van der Waals surface area contributed by atoms with Gasteiger partial charge in [-0.25, -0.2) is 17.6 Å². The largest absolute Gasteiger partial charge is 0.331 e. The monoisotopic (exact) mass is 469 g/mol. The maximum absolute atomic E-state index is 13.4. The third-order valence-electron chi connectivity index (χ3n) is 4.67. The van der Waals surface area contributed by atoms with Crippen LogP contribution in [0.15, 0.2) is 57.9 Å². The van der Waals surface area contributed by atoms with Crippen LogP contribution in [0.25, 0.3) is 0 Å². The number of rotatable bonds is 4. The van der Waals surface area contributed by atoms with E-state index in [9.17, 15) is 17.6 Å². The van der Waals surface area contributed by atoms with Crippen molar-refractivity contribution < 1.29 is 17.6 Å². The van der Waals surface area contributed by atoms with Crippen molar-refractivity contribution in [1.29, 1.82) is 0 Å². The van der Waals surface area contributed by atoms with Crippen LogP contribution >= 0.6 is 15.9 Å². The number of hydrogen-bond donors (Lipinski definition) is 1. The summed E-state index contributed by atoms with van der Waals surface area (Å²) in [5.74, 6) is -0.596. The minimum absolute atomic E-state index is 0.0748. The molecule has 0 aromatic heterocycles. The molecule has 0 bridgehead atoms. The van der Waals surface area contributed by atoms with E-state index in [1.807, 2.05) is 31.2 Å². The van der Waals surface area contributed by atoms with Gasteiger partial charge < -0.3 is 10.2 Å². The first kappa shape index (κ1) is 20.8. The highest BCUT2D eigenvalue weighted by atomic mass is 79.9. The number of carbonyl (C=O) groups excluding carboxylic acids is 1. The molecule has 0 radical (unpaired) electrons. The van der Waals surface area contributed by atoms with Crippen molar-refractivity contribution in [2.75, 3.05) is 26.2 Å². The van der Waals surface area contributed by atoms with Crippen molar-refractivity contribution in [3.05, 3.63) is 64.4 Å². The average molecular weight is 470 g/mol. The molecule has 1 heterocycles. The molecule has 1 aliphatic heterocycles. The van der Waals surface area contributed by atoms with Crippen molar-refractivity contribution in [3.8, 4) is 0 Å². The third kappa shape index (κ3) is 4.71. The Kier molecular flexibility index (Phi) is 6.36. The van der Waals surface area contributed by atoms with Gasteiger partial charge in [-0.05, 0) is 42.8 Å². The van der Waals surface area contributed by atoms with Gasteiger partial charge in [0.1, 0.15) is 5.82 Å². The summed E-state index contributed by atoms with van der Waals surface area (Å²) in [6.45, 7) is 2.77. The number of hydrogen-bond acceptors (Lipinski definition) is 3. The molecule has 0 saturated carbocycles. The van der Waals surface area contributed by atoms with Crippen molar-refractivity contribution in [1.82, 2.24) is 14.5 Å². The number of nitrogens with one attached hydrogen (secondary N) is 1. The highest BCUT2D eigenvalue weighted by molar-refractivity contribution is 9.10. The standard InChI is InChI=1S/C19H21BrFN3O3S/c1-14(15-5-7-16(20)8-6-15)22-19(25)23-9-11-24(12-10-23)28(26,27)18-4-2-3-17(21)13-18/h2-8,13-14H,9-12H2,1H3,(H,22,25). The predicted octanol–water partition coefficient (Wildman–Crippen LogP) is 3.37. The number of benzene rings is 2. The molecule has 1 fully saturated rings. The summed E-state index contributed by atoms with van der Waals surface area (Å²) < 4.78 is 40.9. The molecule has 0 spiro atoms. The molecule has 1 aliphatic rings. The lowest BCUT2D eigenvalue weighted by Gasteiger charge is -2.34. The zero-order valence-electron chi connectivity index (χ0n) is 15.3. The summed E-state index contributed by atoms with van der Waals surface area (Å²) in [5.41, 5.74) is 0.976. The van der Waals surface area contributed by atoms with E-state index in [2.05, 4.69) is 21.2 Å². The second kappa shape index (κ2) is 8.59. The molecule has 2 amide bonds. The Morgan fingerprint density at radius 3 is 2.36 bits per heavy atom. The van der Waals surface area contributed by atoms with E-state index in [0.717, 1.165) is 16.1 Å². The zero-order chi connectivity index (χ0) is 20.3. The summed E-state index contributed by atoms with van der Waals surface area (Å²) in [6.07, 6.45) is 0. The number of piperazine rings is 1. The van der Waals surface area contributed by atoms with Gasteiger partial charge in [-0.1, -0.05) is 34.1 Å². The first-order chi connectivity index (χ1) is 13.3. The quantitative estimate of drug-likeness (QED) is 0.745. The molecule has 1 saturated heterocycles. The van der Waals surface area contributed by atoms with Gasteiger partial charge in [0.15, 0.2) is 0 Å². The summed E-state index contributed by atoms with van der Waals surface area (Å²) in [7, 11) is -3.77. The van der Waals surface area contributed by atoms with Crippen LogP contribution in [0.2, 0.25) is 0 Å². The molecule has 3 rings (SSSR count). The highest BCUT2D eigenvalue weighted by Crippen LogP contribution is 2.20. The summed E-state index contributed by atoms with van der Waals surface area (Å²) in [4.78, 5) is 14.0. The van der Waals surface area contributed by atoms with Crippen molar-refractivity contribution in [2.45, 2.75) is 17.9 Å². The number of urea groups is 1. The summed E-state index contributed by atoms with van der Waals surface area (Å²) in [6, 6.07) is 12.2. The maximum Gasteiger partial charge on any atom is 0.317 e. The van der Waals surface area contributed by atoms with Gasteiger partial charge in [0, 0.05) is 30.7 Å². The van der Waals surface area contributed by atoms with E-state index >= 15 is 0 Å². The lowest BCUT2D eigenvalue weighted by atomic mass is 10.1. The normalized spacial score (nSPS) is 16.6. The van der Waals surface area contributed by atoms with Crippen molar-refractivity contribution >= 4 is 32.0 Å². The van der Waals surface area contributed by atoms with Gasteiger partial charge in [-0.15, -0.1) is 0 Å². The van der Waals surface area contributed by atoms with Crippen molar-refractivity contribution in [3.63, 3.8) is 0 Å². The van der Waals surface area contributed by atoms with Crippen LogP contribution in [0.5, 0.6) is 0 Å². The topological polar surface area (TPSA) is 69.7 Å². The first-order valence-corrected chi connectivity index (χ1v) is 11.1. The zero-order valence-corrected chi connectivity index (χ0v) is 17.7. The van der Waals surface area contributed by atoms with Crippen LogP contribution in [-0.4, -0.2) is 49.8 Å². The van der Waals surface area contributed by atoms with Crippen LogP contribution in [0.4, 0.5) is 9.18 Å². The van der Waals surface area contributed by atoms with Gasteiger partial charge in [-0.3, -0.25) is 0 Å². The van der Waals surface area contributed by atoms with E-state index < -0.39 is 15.8 Å². The molecule has 0 aliphatic carbocycles. The summed E-state index contributed by atoms with van der Waals surface area (Å²) in [5, 5.41) is 2.93. The second-order valence-corrected chi connectivity index (χ2v) is 9.42. The Bertz CT molecular complexity index is 945. The van der Waals surface area contributed by atoms with E-state index in [0.29, 0.717) is 0 Å². The highest BCUT2D eigenvalue weighted by Gasteiger charge is 2.30. The molecule has 1 N–H and O–H groups in total. The fourth-order valence-corrected chi connectivity index (χ4v) is 4.74. The molecule has 1 atom stereocenters. The van der Waals surface area contributed by atoms with Gasteiger partial charge in [-0.2, -0.15) is 4.31 Å². The lowest BCUT2D eigenvalue weighted by Crippen LogP contribution is -2.53. The minimum atomic E-state index is -3.77. The number of sulfonamides is 1. The SMILES string of the molecule is CC(NC(=O)N1CCN(S(=O)(=O)c2cccc(F)c2)CC1)c1ccc(Br)cc1. The Morgan fingerprint density at radius 2 is 1.75 bits per heavy atom. The lowest BCUT2D eigenvalue weighted by molar-refractivity contribution is 0.169. The molecule has 28 heavy (non-hydrogen) atoms. The fourth-order valence-electron chi connectivity index (χ4n) is 3.02. The number of amides is 2. The van der Waals surface area contributed by atoms with Gasteiger partial charge in [0.25, 0.3) is 0 Å². The smallest absolute Gasteiger partial charge is 0.317 e. The minimum Gasteiger partial charge on any atom is -0.331 e. The van der Waals surface area contributed by atoms with Gasteiger partial charge >= 0.3 is 6.03 Å². The predicted molar refractivity (Wildman–Crippen MR) is 108 cm³/mol. The molecular weight excluding hydrogens is 449 g/mol. The number of halogens is 2. The van der Waals surface area contributed by atoms with Crippen molar-refractivity contribution in [2.24, 2.45) is 0 Å². The molecule has 2 aromatic carbocycles. The molecule has 9 heteroatoms. The molecular formula is C19H21BrFN3O3S. The average Bonchev–Trinajstić information content (AvgIpc) is 2.68. The second-order valence-electron chi connectivity index (χ2n) is 6.57. The van der Waals surface area contributed by atoms with E-state index in [1.54, 1.807) is 4.90 Å². The maximum atomic E-state index is 13.4. The van der Waals surface area contributed by atoms with E-state index in [1.165, 1.54) is 22.5 Å². The van der Waals surface area contributed by atoms with Crippen LogP contribution in [0, 0.1) is 5.82 Å². The van der Waals surface area contributed by atoms with Crippen LogP contribution in [0.1, 0.15) is 18.5 Å². The molecule has 150 valence electrons. The Hall–Kier alpha value is -1.97. The summed E-state index contributed by atoms with van der Waals surface area (Å²) >= 11 is 3.38. The van der Waals surface area contributed by atoms with E-state index in [-0.39, 0.29) is 43.1 Å². The van der Waals surface area contributed by atoms with Crippen LogP contribution < -0.4 is 5.32 Å². The van der Waals surface area contributed by atoms with Crippen LogP contribution in [-0.2, 0) is 10.0 Å². The van der Waals surface area contributed by atoms with Gasteiger partial charge in [0.2, 0.25) is 10.0 Å². The first-order valence-electron chi connectivity index (χ1n) is 8.84. The van der Waals surface area contributed by atoms with Gasteiger partial charge in [0.05, 0.1) is 10.9 Å². The van der Waals surface area contributed by atoms with E-state index in [4.69, 9.17) is 0 Å². The van der Waals surface area contributed by atoms with Crippen LogP contribution in [0.3, 0.4) is 0 Å². The Morgan fingerprint density at radius 1 is 1.11 bits per heavy atom. The number of nitrogens with zero attached hydrogens (tertiary/aromatic N) is 2. The molecule has 1 unspecified atom stereocenters. The Labute approximate surface area is 172 Å². The Balaban J connectivity index is 1.58. The molecule has 2 aromatic rings.